The van der Waals surface area contributed by atoms with Crippen LogP contribution in [-0.4, -0.2) is 25.1 Å². The van der Waals surface area contributed by atoms with E-state index in [-0.39, 0.29) is 17.3 Å². The molecule has 7 nitrogen and oxygen atoms in total. The molecule has 0 atom stereocenters. The van der Waals surface area contributed by atoms with Crippen molar-refractivity contribution in [2.75, 3.05) is 5.32 Å². The maximum atomic E-state index is 13.6. The number of halogens is 1. The molecule has 0 bridgehead atoms. The first-order chi connectivity index (χ1) is 13.4. The van der Waals surface area contributed by atoms with Crippen LogP contribution in [0, 0.1) is 12.7 Å². The second-order valence-corrected chi connectivity index (χ2v) is 6.94. The Bertz CT molecular complexity index is 1230. The van der Waals surface area contributed by atoms with Gasteiger partial charge in [0.2, 0.25) is 0 Å². The first-order valence-corrected chi connectivity index (χ1v) is 8.89. The van der Waals surface area contributed by atoms with Crippen LogP contribution in [0.4, 0.5) is 15.9 Å². The molecule has 0 spiro atoms. The van der Waals surface area contributed by atoms with Gasteiger partial charge in [0.15, 0.2) is 5.65 Å². The van der Waals surface area contributed by atoms with Gasteiger partial charge in [-0.1, -0.05) is 19.9 Å². The van der Waals surface area contributed by atoms with Gasteiger partial charge < -0.3 is 10.3 Å². The summed E-state index contributed by atoms with van der Waals surface area (Å²) in [5.41, 5.74) is 3.44. The molecule has 0 fully saturated rings. The Hall–Kier alpha value is -3.55. The van der Waals surface area contributed by atoms with Gasteiger partial charge in [-0.2, -0.15) is 5.10 Å². The van der Waals surface area contributed by atoms with Crippen molar-refractivity contribution in [2.45, 2.75) is 26.7 Å². The SMILES string of the molecule is Cc1cc(-c2cc(Nc3ncnc4[nH]ncc34)c(C(C)C)[nH]c2=O)ccc1F. The fraction of sp³-hybridized carbons (Fsp3) is 0.200. The normalized spacial score (nSPS) is 11.3. The van der Waals surface area contributed by atoms with Crippen molar-refractivity contribution in [3.05, 3.63) is 64.2 Å². The van der Waals surface area contributed by atoms with E-state index in [4.69, 9.17) is 0 Å². The summed E-state index contributed by atoms with van der Waals surface area (Å²) in [6.45, 7) is 5.66. The Kier molecular flexibility index (Phi) is 4.38. The summed E-state index contributed by atoms with van der Waals surface area (Å²) >= 11 is 0. The van der Waals surface area contributed by atoms with E-state index in [1.807, 2.05) is 13.8 Å². The Morgan fingerprint density at radius 1 is 1.18 bits per heavy atom. The minimum atomic E-state index is -0.305. The summed E-state index contributed by atoms with van der Waals surface area (Å²) in [5.74, 6) is 0.343. The van der Waals surface area contributed by atoms with Crippen molar-refractivity contribution in [1.82, 2.24) is 25.1 Å². The fourth-order valence-electron chi connectivity index (χ4n) is 3.12. The smallest absolute Gasteiger partial charge is 0.256 e. The second kappa shape index (κ2) is 6.88. The number of hydrogen-bond donors (Lipinski definition) is 3. The van der Waals surface area contributed by atoms with Crippen LogP contribution in [-0.2, 0) is 0 Å². The Balaban J connectivity index is 1.86. The van der Waals surface area contributed by atoms with Crippen molar-refractivity contribution in [2.24, 2.45) is 0 Å². The van der Waals surface area contributed by atoms with Crippen molar-refractivity contribution in [1.29, 1.82) is 0 Å². The van der Waals surface area contributed by atoms with Crippen LogP contribution in [0.1, 0.15) is 31.0 Å². The van der Waals surface area contributed by atoms with Gasteiger partial charge in [0.1, 0.15) is 18.0 Å². The third-order valence-electron chi connectivity index (χ3n) is 4.62. The van der Waals surface area contributed by atoms with Gasteiger partial charge in [0.05, 0.1) is 17.3 Å². The summed E-state index contributed by atoms with van der Waals surface area (Å²) in [7, 11) is 0. The third-order valence-corrected chi connectivity index (χ3v) is 4.62. The quantitative estimate of drug-likeness (QED) is 0.498. The number of nitrogens with zero attached hydrogens (tertiary/aromatic N) is 3. The minimum Gasteiger partial charge on any atom is -0.338 e. The monoisotopic (exact) mass is 378 g/mol. The molecule has 142 valence electrons. The molecule has 4 aromatic rings. The van der Waals surface area contributed by atoms with Crippen LogP contribution < -0.4 is 10.9 Å². The van der Waals surface area contributed by atoms with Gasteiger partial charge in [-0.05, 0) is 42.2 Å². The van der Waals surface area contributed by atoms with Crippen molar-refractivity contribution in [3.8, 4) is 11.1 Å². The first kappa shape index (κ1) is 17.8. The average molecular weight is 378 g/mol. The maximum Gasteiger partial charge on any atom is 0.256 e. The van der Waals surface area contributed by atoms with E-state index in [9.17, 15) is 9.18 Å². The molecule has 1 aromatic carbocycles. The summed E-state index contributed by atoms with van der Waals surface area (Å²) in [5, 5.41) is 10.8. The van der Waals surface area contributed by atoms with Gasteiger partial charge in [-0.3, -0.25) is 9.89 Å². The number of anilines is 2. The van der Waals surface area contributed by atoms with E-state index >= 15 is 0 Å². The minimum absolute atomic E-state index is 0.0703. The molecule has 0 aliphatic carbocycles. The molecule has 3 aromatic heterocycles. The number of rotatable bonds is 4. The summed E-state index contributed by atoms with van der Waals surface area (Å²) in [4.78, 5) is 24.1. The Morgan fingerprint density at radius 2 is 2.00 bits per heavy atom. The number of nitrogens with one attached hydrogen (secondary N) is 3. The molecule has 0 amide bonds. The zero-order valence-corrected chi connectivity index (χ0v) is 15.7. The molecular formula is C20H19FN6O. The largest absolute Gasteiger partial charge is 0.338 e. The summed E-state index contributed by atoms with van der Waals surface area (Å²) in [6, 6.07) is 6.41. The highest BCUT2D eigenvalue weighted by molar-refractivity contribution is 5.88. The molecule has 0 radical (unpaired) electrons. The summed E-state index contributed by atoms with van der Waals surface area (Å²) < 4.78 is 13.6. The Labute approximate surface area is 160 Å². The predicted octanol–water partition coefficient (Wildman–Crippen LogP) is 4.02. The highest BCUT2D eigenvalue weighted by atomic mass is 19.1. The van der Waals surface area contributed by atoms with Gasteiger partial charge in [0.25, 0.3) is 5.56 Å². The van der Waals surface area contributed by atoms with Crippen molar-refractivity contribution < 1.29 is 4.39 Å². The lowest BCUT2D eigenvalue weighted by Gasteiger charge is -2.16. The van der Waals surface area contributed by atoms with E-state index < -0.39 is 0 Å². The molecule has 0 aliphatic heterocycles. The predicted molar refractivity (Wildman–Crippen MR) is 106 cm³/mol. The van der Waals surface area contributed by atoms with Crippen molar-refractivity contribution in [3.63, 3.8) is 0 Å². The molecule has 8 heteroatoms. The standard InChI is InChI=1S/C20H19FN6O/c1-10(2)17-16(25-18-14-8-24-27-19(14)23-9-22-18)7-13(20(28)26-17)12-4-5-15(21)11(3)6-12/h4-10H,1-3H3,(H,26,28)(H2,22,23,24,25,27). The lowest BCUT2D eigenvalue weighted by Crippen LogP contribution is -2.15. The van der Waals surface area contributed by atoms with Gasteiger partial charge >= 0.3 is 0 Å². The van der Waals surface area contributed by atoms with E-state index in [1.54, 1.807) is 31.3 Å². The molecule has 4 rings (SSSR count). The zero-order chi connectivity index (χ0) is 19.8. The topological polar surface area (TPSA) is 99.3 Å². The highest BCUT2D eigenvalue weighted by Crippen LogP contribution is 2.30. The van der Waals surface area contributed by atoms with E-state index in [2.05, 4.69) is 30.5 Å². The number of pyridine rings is 1. The van der Waals surface area contributed by atoms with E-state index in [1.165, 1.54) is 12.4 Å². The second-order valence-electron chi connectivity index (χ2n) is 6.94. The van der Waals surface area contributed by atoms with Crippen LogP contribution in [0.25, 0.3) is 22.2 Å². The number of aryl methyl sites for hydroxylation is 1. The number of aromatic amines is 2. The Morgan fingerprint density at radius 3 is 2.75 bits per heavy atom. The maximum absolute atomic E-state index is 13.6. The molecule has 0 saturated carbocycles. The number of H-pyrrole nitrogens is 2. The molecule has 0 aliphatic rings. The number of aromatic nitrogens is 5. The molecule has 3 heterocycles. The van der Waals surface area contributed by atoms with E-state index in [0.717, 1.165) is 11.1 Å². The van der Waals surface area contributed by atoms with Crippen LogP contribution in [0.3, 0.4) is 0 Å². The van der Waals surface area contributed by atoms with Crippen LogP contribution in [0.2, 0.25) is 0 Å². The number of hydrogen-bond acceptors (Lipinski definition) is 5. The molecule has 0 unspecified atom stereocenters. The summed E-state index contributed by atoms with van der Waals surface area (Å²) in [6.07, 6.45) is 3.08. The number of fused-ring (bicyclic) bond motifs is 1. The van der Waals surface area contributed by atoms with Crippen LogP contribution >= 0.6 is 0 Å². The zero-order valence-electron chi connectivity index (χ0n) is 15.7. The number of benzene rings is 1. The van der Waals surface area contributed by atoms with Gasteiger partial charge in [-0.15, -0.1) is 0 Å². The lowest BCUT2D eigenvalue weighted by atomic mass is 10.0. The van der Waals surface area contributed by atoms with E-state index in [0.29, 0.717) is 33.8 Å². The average Bonchev–Trinajstić information content (AvgIpc) is 3.15. The van der Waals surface area contributed by atoms with Gasteiger partial charge in [0, 0.05) is 11.3 Å². The van der Waals surface area contributed by atoms with Gasteiger partial charge in [-0.25, -0.2) is 14.4 Å². The van der Waals surface area contributed by atoms with Crippen LogP contribution in [0.5, 0.6) is 0 Å². The van der Waals surface area contributed by atoms with Crippen LogP contribution in [0.15, 0.2) is 41.6 Å². The first-order valence-electron chi connectivity index (χ1n) is 8.89. The lowest BCUT2D eigenvalue weighted by molar-refractivity contribution is 0.619. The molecule has 28 heavy (non-hydrogen) atoms. The fourth-order valence-corrected chi connectivity index (χ4v) is 3.12. The molecule has 0 saturated heterocycles. The highest BCUT2D eigenvalue weighted by Gasteiger charge is 2.16. The third kappa shape index (κ3) is 3.13. The molecule has 3 N–H and O–H groups in total. The van der Waals surface area contributed by atoms with Crippen molar-refractivity contribution >= 4 is 22.5 Å². The molecular weight excluding hydrogens is 359 g/mol.